The maximum Gasteiger partial charge on any atom is 0.226 e. The van der Waals surface area contributed by atoms with E-state index >= 15 is 0 Å². The minimum atomic E-state index is 0. The van der Waals surface area contributed by atoms with Crippen molar-refractivity contribution in [1.29, 1.82) is 0 Å². The average Bonchev–Trinajstić information content (AvgIpc) is 3.48. The Morgan fingerprint density at radius 2 is 1.89 bits per heavy atom. The summed E-state index contributed by atoms with van der Waals surface area (Å²) >= 11 is 0. The number of halogens is 1. The Bertz CT molecular complexity index is 751. The lowest BCUT2D eigenvalue weighted by molar-refractivity contribution is -0.135. The third-order valence-electron chi connectivity index (χ3n) is 5.45. The second-order valence-corrected chi connectivity index (χ2v) is 7.38. The van der Waals surface area contributed by atoms with Crippen molar-refractivity contribution in [1.82, 2.24) is 10.2 Å². The van der Waals surface area contributed by atoms with Crippen LogP contribution in [0.4, 0.5) is 0 Å². The number of hydrogen-bond acceptors (Lipinski definition) is 3. The molecule has 2 aromatic carbocycles. The predicted octanol–water partition coefficient (Wildman–Crippen LogP) is 3.61. The minimum absolute atomic E-state index is 0. The first-order valence-electron chi connectivity index (χ1n) is 9.50. The fourth-order valence-corrected chi connectivity index (χ4v) is 3.77. The van der Waals surface area contributed by atoms with Gasteiger partial charge in [-0.05, 0) is 42.5 Å². The molecule has 2 fully saturated rings. The Balaban J connectivity index is 0.00000210. The van der Waals surface area contributed by atoms with Crippen LogP contribution in [0.5, 0.6) is 5.75 Å². The van der Waals surface area contributed by atoms with Gasteiger partial charge < -0.3 is 15.0 Å². The number of rotatable bonds is 5. The van der Waals surface area contributed by atoms with Crippen molar-refractivity contribution in [3.05, 3.63) is 65.7 Å². The van der Waals surface area contributed by atoms with Crippen LogP contribution in [0.1, 0.15) is 30.4 Å². The molecule has 2 aromatic rings. The Hall–Kier alpha value is -2.04. The topological polar surface area (TPSA) is 41.6 Å². The van der Waals surface area contributed by atoms with Crippen molar-refractivity contribution in [3.63, 3.8) is 0 Å². The summed E-state index contributed by atoms with van der Waals surface area (Å²) in [6.45, 7) is 5.33. The highest BCUT2D eigenvalue weighted by Crippen LogP contribution is 2.49. The molecular weight excluding hydrogens is 360 g/mol. The van der Waals surface area contributed by atoms with Crippen molar-refractivity contribution in [2.24, 2.45) is 5.92 Å². The Morgan fingerprint density at radius 3 is 2.59 bits per heavy atom. The maximum atomic E-state index is 12.8. The highest BCUT2D eigenvalue weighted by molar-refractivity contribution is 5.85. The molecule has 0 bridgehead atoms. The molecule has 3 unspecified atom stereocenters. The molecule has 144 valence electrons. The van der Waals surface area contributed by atoms with Gasteiger partial charge in [0.2, 0.25) is 5.91 Å². The van der Waals surface area contributed by atoms with Crippen molar-refractivity contribution in [3.8, 4) is 5.75 Å². The molecule has 4 rings (SSSR count). The van der Waals surface area contributed by atoms with Gasteiger partial charge in [-0.2, -0.15) is 0 Å². The van der Waals surface area contributed by atoms with E-state index in [2.05, 4.69) is 41.4 Å². The Kier molecular flexibility index (Phi) is 6.40. The van der Waals surface area contributed by atoms with Crippen LogP contribution in [-0.2, 0) is 11.4 Å². The van der Waals surface area contributed by atoms with Crippen LogP contribution in [-0.4, -0.2) is 36.5 Å². The lowest BCUT2D eigenvalue weighted by Gasteiger charge is -2.34. The molecule has 0 spiro atoms. The van der Waals surface area contributed by atoms with Crippen molar-refractivity contribution < 1.29 is 9.53 Å². The lowest BCUT2D eigenvalue weighted by Crippen LogP contribution is -2.52. The van der Waals surface area contributed by atoms with E-state index in [0.717, 1.165) is 37.4 Å². The van der Waals surface area contributed by atoms with E-state index in [4.69, 9.17) is 4.74 Å². The van der Waals surface area contributed by atoms with Crippen LogP contribution in [0, 0.1) is 5.92 Å². The molecule has 1 heterocycles. The number of nitrogens with zero attached hydrogens (tertiary/aromatic N) is 1. The molecule has 5 heteroatoms. The van der Waals surface area contributed by atoms with E-state index < -0.39 is 0 Å². The van der Waals surface area contributed by atoms with E-state index in [1.165, 1.54) is 5.56 Å². The highest BCUT2D eigenvalue weighted by atomic mass is 35.5. The molecular formula is C22H27ClN2O2. The monoisotopic (exact) mass is 386 g/mol. The zero-order chi connectivity index (χ0) is 17.9. The molecule has 2 aliphatic rings. The van der Waals surface area contributed by atoms with E-state index in [1.54, 1.807) is 0 Å². The van der Waals surface area contributed by atoms with E-state index in [1.807, 2.05) is 30.3 Å². The quantitative estimate of drug-likeness (QED) is 0.853. The summed E-state index contributed by atoms with van der Waals surface area (Å²) in [5.41, 5.74) is 2.41. The molecule has 0 aromatic heterocycles. The number of amides is 1. The molecule has 3 atom stereocenters. The zero-order valence-electron chi connectivity index (χ0n) is 15.6. The highest BCUT2D eigenvalue weighted by Gasteiger charge is 2.46. The Morgan fingerprint density at radius 1 is 1.15 bits per heavy atom. The number of carbonyl (C=O) groups excluding carboxylic acids is 1. The minimum Gasteiger partial charge on any atom is -0.489 e. The summed E-state index contributed by atoms with van der Waals surface area (Å²) in [4.78, 5) is 14.8. The Labute approximate surface area is 167 Å². The van der Waals surface area contributed by atoms with Gasteiger partial charge in [-0.25, -0.2) is 0 Å². The van der Waals surface area contributed by atoms with Gasteiger partial charge >= 0.3 is 0 Å². The molecule has 1 saturated heterocycles. The molecule has 27 heavy (non-hydrogen) atoms. The predicted molar refractivity (Wildman–Crippen MR) is 109 cm³/mol. The first-order chi connectivity index (χ1) is 12.7. The van der Waals surface area contributed by atoms with Gasteiger partial charge in [-0.1, -0.05) is 42.5 Å². The number of benzene rings is 2. The van der Waals surface area contributed by atoms with Crippen molar-refractivity contribution >= 4 is 18.3 Å². The first kappa shape index (κ1) is 19.7. The summed E-state index contributed by atoms with van der Waals surface area (Å²) in [6.07, 6.45) is 0.972. The second-order valence-electron chi connectivity index (χ2n) is 7.38. The summed E-state index contributed by atoms with van der Waals surface area (Å²) in [5, 5.41) is 3.34. The van der Waals surface area contributed by atoms with Gasteiger partial charge in [0, 0.05) is 31.6 Å². The zero-order valence-corrected chi connectivity index (χ0v) is 16.5. The van der Waals surface area contributed by atoms with E-state index in [0.29, 0.717) is 24.5 Å². The standard InChI is InChI=1S/C22H26N2O2.ClH/c1-16-14-23-11-12-24(16)22(25)21-13-20(21)18-7-9-19(10-8-18)26-15-17-5-3-2-4-6-17;/h2-10,16,20-21,23H,11-15H2,1H3;1H. The normalized spacial score (nSPS) is 24.0. The summed E-state index contributed by atoms with van der Waals surface area (Å²) in [6, 6.07) is 18.7. The molecule has 1 saturated carbocycles. The van der Waals surface area contributed by atoms with Gasteiger partial charge in [-0.15, -0.1) is 12.4 Å². The molecule has 1 aliphatic heterocycles. The van der Waals surface area contributed by atoms with E-state index in [-0.39, 0.29) is 18.3 Å². The second kappa shape index (κ2) is 8.77. The number of ether oxygens (including phenoxy) is 1. The van der Waals surface area contributed by atoms with Crippen LogP contribution < -0.4 is 10.1 Å². The van der Waals surface area contributed by atoms with Crippen LogP contribution in [0.2, 0.25) is 0 Å². The fraction of sp³-hybridized carbons (Fsp3) is 0.409. The summed E-state index contributed by atoms with van der Waals surface area (Å²) in [7, 11) is 0. The summed E-state index contributed by atoms with van der Waals surface area (Å²) in [5.74, 6) is 1.73. The molecule has 1 N–H and O–H groups in total. The van der Waals surface area contributed by atoms with Crippen LogP contribution in [0.3, 0.4) is 0 Å². The average molecular weight is 387 g/mol. The van der Waals surface area contributed by atoms with Crippen LogP contribution >= 0.6 is 12.4 Å². The van der Waals surface area contributed by atoms with Gasteiger partial charge in [0.1, 0.15) is 12.4 Å². The largest absolute Gasteiger partial charge is 0.489 e. The smallest absolute Gasteiger partial charge is 0.226 e. The number of hydrogen-bond donors (Lipinski definition) is 1. The number of nitrogens with one attached hydrogen (secondary N) is 1. The molecule has 0 radical (unpaired) electrons. The van der Waals surface area contributed by atoms with Gasteiger partial charge in [0.15, 0.2) is 0 Å². The van der Waals surface area contributed by atoms with Gasteiger partial charge in [-0.3, -0.25) is 4.79 Å². The lowest BCUT2D eigenvalue weighted by atomic mass is 10.1. The maximum absolute atomic E-state index is 12.8. The van der Waals surface area contributed by atoms with Crippen LogP contribution in [0.25, 0.3) is 0 Å². The van der Waals surface area contributed by atoms with Gasteiger partial charge in [0.05, 0.1) is 0 Å². The van der Waals surface area contributed by atoms with Crippen LogP contribution in [0.15, 0.2) is 54.6 Å². The van der Waals surface area contributed by atoms with Crippen molar-refractivity contribution in [2.75, 3.05) is 19.6 Å². The van der Waals surface area contributed by atoms with Gasteiger partial charge in [0.25, 0.3) is 0 Å². The number of piperazine rings is 1. The molecule has 4 nitrogen and oxygen atoms in total. The third-order valence-corrected chi connectivity index (χ3v) is 5.45. The summed E-state index contributed by atoms with van der Waals surface area (Å²) < 4.78 is 5.85. The number of carbonyl (C=O) groups is 1. The third kappa shape index (κ3) is 4.63. The van der Waals surface area contributed by atoms with Crippen molar-refractivity contribution in [2.45, 2.75) is 31.9 Å². The fourth-order valence-electron chi connectivity index (χ4n) is 3.77. The van der Waals surface area contributed by atoms with E-state index in [9.17, 15) is 4.79 Å². The first-order valence-corrected chi connectivity index (χ1v) is 9.50. The SMILES string of the molecule is CC1CNCCN1C(=O)C1CC1c1ccc(OCc2ccccc2)cc1.Cl. The molecule has 1 amide bonds. The molecule has 1 aliphatic carbocycles.